The van der Waals surface area contributed by atoms with Crippen molar-refractivity contribution < 1.29 is 4.79 Å². The van der Waals surface area contributed by atoms with E-state index in [1.165, 1.54) is 37.0 Å². The molecule has 1 aliphatic carbocycles. The summed E-state index contributed by atoms with van der Waals surface area (Å²) in [5, 5.41) is 4.32. The number of carbonyl (C=O) groups excluding carboxylic acids is 1. The van der Waals surface area contributed by atoms with Crippen molar-refractivity contribution in [3.8, 4) is 0 Å². The van der Waals surface area contributed by atoms with E-state index in [-0.39, 0.29) is 5.91 Å². The summed E-state index contributed by atoms with van der Waals surface area (Å²) < 4.78 is 0. The van der Waals surface area contributed by atoms with Gasteiger partial charge in [-0.05, 0) is 34.7 Å². The first-order valence-electron chi connectivity index (χ1n) is 10.4. The first-order chi connectivity index (χ1) is 13.8. The molecule has 0 atom stereocenters. The van der Waals surface area contributed by atoms with Crippen molar-refractivity contribution in [1.82, 2.24) is 9.88 Å². The second-order valence-corrected chi connectivity index (χ2v) is 8.92. The summed E-state index contributed by atoms with van der Waals surface area (Å²) in [6, 6.07) is 12.4. The van der Waals surface area contributed by atoms with Crippen LogP contribution >= 0.6 is 11.3 Å². The zero-order valence-electron chi connectivity index (χ0n) is 16.3. The molecule has 1 aliphatic rings. The van der Waals surface area contributed by atoms with E-state index in [1.807, 2.05) is 24.5 Å². The maximum absolute atomic E-state index is 13.3. The van der Waals surface area contributed by atoms with E-state index in [1.54, 1.807) is 11.3 Å². The van der Waals surface area contributed by atoms with Crippen LogP contribution in [0.15, 0.2) is 54.2 Å². The Bertz CT molecular complexity index is 895. The molecule has 28 heavy (non-hydrogen) atoms. The Balaban J connectivity index is 1.48. The van der Waals surface area contributed by atoms with Gasteiger partial charge in [-0.1, -0.05) is 62.4 Å². The van der Waals surface area contributed by atoms with Crippen LogP contribution in [0, 0.1) is 5.92 Å². The number of pyridine rings is 1. The summed E-state index contributed by atoms with van der Waals surface area (Å²) in [6.07, 6.45) is 12.0. The van der Waals surface area contributed by atoms with Gasteiger partial charge in [0.2, 0.25) is 5.91 Å². The average Bonchev–Trinajstić information content (AvgIpc) is 3.25. The van der Waals surface area contributed by atoms with Gasteiger partial charge >= 0.3 is 0 Å². The molecule has 0 aliphatic heterocycles. The molecule has 0 spiro atoms. The number of thiophene rings is 1. The highest BCUT2D eigenvalue weighted by Crippen LogP contribution is 2.27. The molecular weight excluding hydrogens is 364 g/mol. The van der Waals surface area contributed by atoms with Gasteiger partial charge in [-0.3, -0.25) is 9.78 Å². The van der Waals surface area contributed by atoms with Gasteiger partial charge in [-0.2, -0.15) is 0 Å². The monoisotopic (exact) mass is 392 g/mol. The van der Waals surface area contributed by atoms with Crippen molar-refractivity contribution in [2.45, 2.75) is 51.5 Å². The first-order valence-corrected chi connectivity index (χ1v) is 11.3. The topological polar surface area (TPSA) is 33.2 Å². The molecule has 3 aromatic rings. The minimum atomic E-state index is 0.211. The van der Waals surface area contributed by atoms with Crippen molar-refractivity contribution in [3.05, 3.63) is 64.6 Å². The molecule has 1 saturated carbocycles. The van der Waals surface area contributed by atoms with E-state index in [4.69, 9.17) is 0 Å². The maximum atomic E-state index is 13.3. The molecule has 0 N–H and O–H groups in total. The van der Waals surface area contributed by atoms with Crippen LogP contribution in [0.2, 0.25) is 0 Å². The molecule has 1 aromatic carbocycles. The fraction of sp³-hybridized carbons (Fsp3) is 0.417. The smallest absolute Gasteiger partial charge is 0.227 e. The molecule has 4 heteroatoms. The molecule has 0 radical (unpaired) electrons. The molecule has 0 unspecified atom stereocenters. The Labute approximate surface area is 171 Å². The minimum absolute atomic E-state index is 0.211. The Morgan fingerprint density at radius 3 is 2.75 bits per heavy atom. The van der Waals surface area contributed by atoms with Crippen molar-refractivity contribution in [2.24, 2.45) is 5.92 Å². The van der Waals surface area contributed by atoms with Crippen LogP contribution in [0.1, 0.15) is 49.0 Å². The van der Waals surface area contributed by atoms with Gasteiger partial charge in [0.15, 0.2) is 0 Å². The molecule has 1 fully saturated rings. The number of carbonyl (C=O) groups is 1. The number of hydrogen-bond donors (Lipinski definition) is 0. The predicted octanol–water partition coefficient (Wildman–Crippen LogP) is 5.84. The molecule has 1 amide bonds. The lowest BCUT2D eigenvalue weighted by atomic mass is 9.87. The number of rotatable bonds is 7. The quantitative estimate of drug-likeness (QED) is 0.506. The van der Waals surface area contributed by atoms with Crippen LogP contribution in [-0.2, 0) is 17.8 Å². The van der Waals surface area contributed by atoms with Crippen LogP contribution in [0.3, 0.4) is 0 Å². The number of nitrogens with zero attached hydrogens (tertiary/aromatic N) is 2. The van der Waals surface area contributed by atoms with Gasteiger partial charge in [0.25, 0.3) is 0 Å². The lowest BCUT2D eigenvalue weighted by molar-refractivity contribution is -0.131. The van der Waals surface area contributed by atoms with Gasteiger partial charge in [-0.15, -0.1) is 11.3 Å². The first kappa shape index (κ1) is 19.1. The molecule has 0 saturated heterocycles. The summed E-state index contributed by atoms with van der Waals surface area (Å²) >= 11 is 1.73. The van der Waals surface area contributed by atoms with Gasteiger partial charge in [0, 0.05) is 29.2 Å². The number of aromatic nitrogens is 1. The Hall–Kier alpha value is -2.20. The van der Waals surface area contributed by atoms with Crippen molar-refractivity contribution in [2.75, 3.05) is 6.54 Å². The molecule has 4 rings (SSSR count). The standard InChI is InChI=1S/C24H28N2OS/c27-24(15-21-17-25-16-20-9-4-5-11-23(20)21)26(18-22-10-6-14-28-22)13-12-19-7-2-1-3-8-19/h4-6,9-11,14,16-17,19H,1-3,7-8,12-13,15,18H2. The van der Waals surface area contributed by atoms with E-state index < -0.39 is 0 Å². The van der Waals surface area contributed by atoms with Crippen LogP contribution in [0.4, 0.5) is 0 Å². The van der Waals surface area contributed by atoms with Crippen LogP contribution in [-0.4, -0.2) is 22.3 Å². The molecule has 146 valence electrons. The van der Waals surface area contributed by atoms with E-state index in [2.05, 4.69) is 39.5 Å². The van der Waals surface area contributed by atoms with Crippen LogP contribution in [0.25, 0.3) is 10.8 Å². The lowest BCUT2D eigenvalue weighted by Gasteiger charge is -2.27. The van der Waals surface area contributed by atoms with Gasteiger partial charge in [-0.25, -0.2) is 0 Å². The lowest BCUT2D eigenvalue weighted by Crippen LogP contribution is -2.33. The zero-order chi connectivity index (χ0) is 19.2. The van der Waals surface area contributed by atoms with Gasteiger partial charge in [0.05, 0.1) is 13.0 Å². The highest BCUT2D eigenvalue weighted by atomic mass is 32.1. The number of benzene rings is 1. The van der Waals surface area contributed by atoms with E-state index in [0.29, 0.717) is 6.42 Å². The molecule has 3 nitrogen and oxygen atoms in total. The molecule has 2 aromatic heterocycles. The average molecular weight is 393 g/mol. The molecule has 0 bridgehead atoms. The van der Waals surface area contributed by atoms with E-state index in [9.17, 15) is 4.79 Å². The maximum Gasteiger partial charge on any atom is 0.227 e. The van der Waals surface area contributed by atoms with Crippen LogP contribution in [0.5, 0.6) is 0 Å². The number of fused-ring (bicyclic) bond motifs is 1. The summed E-state index contributed by atoms with van der Waals surface area (Å²) in [6.45, 7) is 1.58. The highest BCUT2D eigenvalue weighted by molar-refractivity contribution is 7.09. The zero-order valence-corrected chi connectivity index (χ0v) is 17.2. The number of hydrogen-bond acceptors (Lipinski definition) is 3. The fourth-order valence-electron chi connectivity index (χ4n) is 4.29. The Kier molecular flexibility index (Phi) is 6.38. The van der Waals surface area contributed by atoms with E-state index >= 15 is 0 Å². The predicted molar refractivity (Wildman–Crippen MR) is 116 cm³/mol. The summed E-state index contributed by atoms with van der Waals surface area (Å²) in [4.78, 5) is 20.9. The summed E-state index contributed by atoms with van der Waals surface area (Å²) in [7, 11) is 0. The molecular formula is C24H28N2OS. The normalized spacial score (nSPS) is 15.0. The van der Waals surface area contributed by atoms with Gasteiger partial charge in [0.1, 0.15) is 0 Å². The Morgan fingerprint density at radius 1 is 1.07 bits per heavy atom. The fourth-order valence-corrected chi connectivity index (χ4v) is 5.01. The summed E-state index contributed by atoms with van der Waals surface area (Å²) in [5.74, 6) is 0.994. The summed E-state index contributed by atoms with van der Waals surface area (Å²) in [5.41, 5.74) is 1.02. The third-order valence-corrected chi connectivity index (χ3v) is 6.77. The van der Waals surface area contributed by atoms with Crippen LogP contribution < -0.4 is 0 Å². The third-order valence-electron chi connectivity index (χ3n) is 5.90. The second kappa shape index (κ2) is 9.33. The molecule has 2 heterocycles. The van der Waals surface area contributed by atoms with E-state index in [0.717, 1.165) is 41.8 Å². The SMILES string of the molecule is O=C(Cc1cncc2ccccc12)N(CCC1CCCCC1)Cc1cccs1. The van der Waals surface area contributed by atoms with Crippen molar-refractivity contribution in [1.29, 1.82) is 0 Å². The third kappa shape index (κ3) is 4.79. The van der Waals surface area contributed by atoms with Gasteiger partial charge < -0.3 is 4.90 Å². The largest absolute Gasteiger partial charge is 0.337 e. The number of amides is 1. The Morgan fingerprint density at radius 2 is 1.93 bits per heavy atom. The minimum Gasteiger partial charge on any atom is -0.337 e. The van der Waals surface area contributed by atoms with Crippen molar-refractivity contribution >= 4 is 28.0 Å². The highest BCUT2D eigenvalue weighted by Gasteiger charge is 2.20. The second-order valence-electron chi connectivity index (χ2n) is 7.88. The van der Waals surface area contributed by atoms with Crippen molar-refractivity contribution in [3.63, 3.8) is 0 Å².